The Bertz CT molecular complexity index is 5960. The second-order valence-electron chi connectivity index (χ2n) is 24.2. The summed E-state index contributed by atoms with van der Waals surface area (Å²) < 4.78 is 281. The van der Waals surface area contributed by atoms with E-state index in [1.54, 1.807) is 83.1 Å². The minimum absolute atomic E-state index is 0.0430. The molecule has 4 nitrogen and oxygen atoms in total. The summed E-state index contributed by atoms with van der Waals surface area (Å²) in [7, 11) is 0. The van der Waals surface area contributed by atoms with E-state index in [-0.39, 0.29) is 116 Å². The largest absolute Gasteiger partial charge is 0.311 e. The van der Waals surface area contributed by atoms with E-state index in [9.17, 15) is 39.5 Å². The Labute approximate surface area is 503 Å². The van der Waals surface area contributed by atoms with Gasteiger partial charge in [-0.05, 0) is 168 Å². The molecule has 0 fully saturated rings. The number of fused-ring (bicyclic) bond motifs is 12. The summed E-state index contributed by atoms with van der Waals surface area (Å²) in [5, 5.41) is 10.9. The average molecular weight is 1060 g/mol. The van der Waals surface area contributed by atoms with Gasteiger partial charge in [0.15, 0.2) is 0 Å². The van der Waals surface area contributed by atoms with Gasteiger partial charge < -0.3 is 14.4 Å². The smallest absolute Gasteiger partial charge is 0.247 e. The van der Waals surface area contributed by atoms with Crippen LogP contribution in [0.25, 0.3) is 47.7 Å². The number of hydrogen-bond acceptors (Lipinski definition) is 4. The Kier molecular flexibility index (Phi) is 5.78. The summed E-state index contributed by atoms with van der Waals surface area (Å²) in [6, 6.07) is -19.0. The van der Waals surface area contributed by atoms with E-state index in [0.29, 0.717) is 16.2 Å². The number of thiophene rings is 1. The van der Waals surface area contributed by atoms with Crippen molar-refractivity contribution in [1.29, 1.82) is 5.26 Å². The van der Waals surface area contributed by atoms with Crippen molar-refractivity contribution in [2.75, 3.05) is 9.80 Å². The van der Waals surface area contributed by atoms with E-state index < -0.39 is 231 Å². The molecule has 0 N–H and O–H groups in total. The van der Waals surface area contributed by atoms with Gasteiger partial charge in [0.1, 0.15) is 0 Å². The van der Waals surface area contributed by atoms with Crippen LogP contribution < -0.4 is 26.2 Å². The molecule has 3 aliphatic rings. The average Bonchev–Trinajstić information content (AvgIpc) is 1.20. The van der Waals surface area contributed by atoms with E-state index in [4.69, 9.17) is 4.11 Å². The van der Waals surface area contributed by atoms with Crippen LogP contribution in [-0.4, -0.2) is 11.3 Å². The van der Waals surface area contributed by atoms with E-state index in [2.05, 4.69) is 0 Å². The molecule has 382 valence electrons. The van der Waals surface area contributed by atoms with Crippen molar-refractivity contribution in [3.63, 3.8) is 0 Å². The van der Waals surface area contributed by atoms with Gasteiger partial charge in [0.25, 0.3) is 0 Å². The van der Waals surface area contributed by atoms with Gasteiger partial charge >= 0.3 is 0 Å². The number of benzene rings is 9. The molecule has 11 aromatic rings. The van der Waals surface area contributed by atoms with Crippen molar-refractivity contribution >= 4 is 111 Å². The maximum atomic E-state index is 11.7. The van der Waals surface area contributed by atoms with E-state index in [1.807, 2.05) is 6.07 Å². The molecule has 0 bridgehead atoms. The second kappa shape index (κ2) is 16.6. The van der Waals surface area contributed by atoms with Crippen molar-refractivity contribution < 1.29 is 38.4 Å². The van der Waals surface area contributed by atoms with Crippen molar-refractivity contribution in [3.05, 3.63) is 214 Å². The molecular formula is C72H65BN4S. The molecule has 1 unspecified atom stereocenters. The monoisotopic (exact) mass is 1060 g/mol. The molecule has 0 radical (unpaired) electrons. The third kappa shape index (κ3) is 7.23. The van der Waals surface area contributed by atoms with Crippen LogP contribution in [0, 0.1) is 11.3 Å². The molecule has 78 heavy (non-hydrogen) atoms. The van der Waals surface area contributed by atoms with Crippen LogP contribution in [0.2, 0.25) is 0 Å². The molecule has 0 spiro atoms. The Hall–Kier alpha value is -7.85. The number of aromatic nitrogens is 1. The van der Waals surface area contributed by atoms with Gasteiger partial charge in [-0.15, -0.1) is 11.3 Å². The van der Waals surface area contributed by atoms with Crippen LogP contribution in [0.4, 0.5) is 34.1 Å². The third-order valence-corrected chi connectivity index (χ3v) is 15.8. The highest BCUT2D eigenvalue weighted by atomic mass is 32.1. The van der Waals surface area contributed by atoms with Gasteiger partial charge in [0, 0.05) is 76.7 Å². The molecule has 1 atom stereocenters. The molecule has 5 heterocycles. The van der Waals surface area contributed by atoms with Gasteiger partial charge in [-0.3, -0.25) is 0 Å². The zero-order chi connectivity index (χ0) is 78.5. The first-order valence-electron chi connectivity index (χ1n) is 39.6. The van der Waals surface area contributed by atoms with Crippen LogP contribution >= 0.6 is 11.3 Å². The lowest BCUT2D eigenvalue weighted by Crippen LogP contribution is -2.62. The Morgan fingerprint density at radius 3 is 1.79 bits per heavy atom. The number of anilines is 6. The number of rotatable bonds is 4. The first kappa shape index (κ1) is 27.2. The molecule has 2 aromatic heterocycles. The quantitative estimate of drug-likeness (QED) is 0.165. The predicted octanol–water partition coefficient (Wildman–Crippen LogP) is 17.8. The zero-order valence-electron chi connectivity index (χ0n) is 72.9. The molecular weight excluding hydrogens is 964 g/mol. The summed E-state index contributed by atoms with van der Waals surface area (Å²) in [6.45, 7) is 18.0. The van der Waals surface area contributed by atoms with Gasteiger partial charge in [-0.2, -0.15) is 5.26 Å². The lowest BCUT2D eigenvalue weighted by Gasteiger charge is -2.45. The second-order valence-corrected chi connectivity index (χ2v) is 25.3. The number of hydrogen-bond donors (Lipinski definition) is 0. The molecule has 0 saturated heterocycles. The highest BCUT2D eigenvalue weighted by Gasteiger charge is 2.47. The number of nitrogens with zero attached hydrogens (tertiary/aromatic N) is 4. The lowest BCUT2D eigenvalue weighted by atomic mass is 9.31. The SMILES string of the molecule is [2H]c1c([2H])c2c3c(c1[2H])-n1c4c([2H])c([2H])c(C(C)(C)C)c([2H])c4c4c([2H])c(C(C)(C)C)c([2H])c(c41)C3c1c([2H])c(C#N)c([2H])c3c1B2c1c([2H])c([2H])c(N(c2c([2H])c([2H])c(C(C)(C)C)c([2H])c2[2H])c2c([2H])c([2H])c(C(C)(C)C)c([2H])c2[2H])c([2H])c1N3c1c([2H])c([2H])c2sc3c([2H])c([2H])c([2H])c([2H])c3c2c1[2H]. The van der Waals surface area contributed by atoms with Crippen LogP contribution in [0.1, 0.15) is 172 Å². The van der Waals surface area contributed by atoms with E-state index in [1.165, 1.54) is 4.57 Å². The first-order chi connectivity index (χ1) is 48.9. The summed E-state index contributed by atoms with van der Waals surface area (Å²) in [5.41, 5.74) is -13.2. The molecule has 6 heteroatoms. The summed E-state index contributed by atoms with van der Waals surface area (Å²) >= 11 is 0.654. The fourth-order valence-corrected chi connectivity index (χ4v) is 11.8. The highest BCUT2D eigenvalue weighted by molar-refractivity contribution is 7.25. The van der Waals surface area contributed by atoms with Gasteiger partial charge in [-0.25, -0.2) is 0 Å². The van der Waals surface area contributed by atoms with Crippen molar-refractivity contribution in [2.45, 2.75) is 111 Å². The van der Waals surface area contributed by atoms with Crippen LogP contribution in [0.3, 0.4) is 0 Å². The van der Waals surface area contributed by atoms with Gasteiger partial charge in [0.05, 0.1) is 61.0 Å². The van der Waals surface area contributed by atoms with E-state index in [0.717, 1.165) is 4.90 Å². The highest BCUT2D eigenvalue weighted by Crippen LogP contribution is 2.53. The predicted molar refractivity (Wildman–Crippen MR) is 335 cm³/mol. The van der Waals surface area contributed by atoms with Gasteiger partial charge in [0.2, 0.25) is 6.71 Å². The summed E-state index contributed by atoms with van der Waals surface area (Å²) in [6.07, 6.45) is 0. The topological polar surface area (TPSA) is 35.2 Å². The van der Waals surface area contributed by atoms with E-state index >= 15 is 0 Å². The standard InChI is InChI=1S/C72H65BN4S/c1-69(2,3)43-20-25-47(26-21-43)75(48-27-22-44(23-28-48)70(4,5)6)50-29-31-57-61(40-50)76(49-30-33-64-53(39-49)51-16-13-14-19-63(51)78-64)62-35-42(41-74)34-55-65-56-38-46(72(10,11)12)37-54-52-36-45(71(7,8)9)24-32-59(52)77(68(54)56)60-18-15-17-58(66(60)65)73(57)67(55)62/h13-40,65H,1-12H3/i13D,14D,15D,16D,17D,18D,19D,20D,21D,22D,23D,24D,25D,26D,27D,28D,29D,30D,31D,32D,33D,34D,35D,36D,37D,38D,39D,40D. The van der Waals surface area contributed by atoms with Crippen LogP contribution in [-0.2, 0) is 21.7 Å². The Morgan fingerprint density at radius 2 is 1.13 bits per heavy atom. The normalized spacial score (nSPS) is 19.8. The molecule has 0 amide bonds. The first-order valence-corrected chi connectivity index (χ1v) is 26.4. The minimum Gasteiger partial charge on any atom is -0.311 e. The lowest BCUT2D eigenvalue weighted by molar-refractivity contribution is 0.589. The van der Waals surface area contributed by atoms with Crippen molar-refractivity contribution in [2.24, 2.45) is 0 Å². The molecule has 14 rings (SSSR count). The fraction of sp³-hybridized carbons (Fsp3) is 0.236. The minimum atomic E-state index is -2.03. The van der Waals surface area contributed by atoms with Crippen LogP contribution in [0.15, 0.2) is 169 Å². The Balaban J connectivity index is 1.29. The molecule has 3 aliphatic heterocycles. The van der Waals surface area contributed by atoms with Crippen molar-refractivity contribution in [1.82, 2.24) is 4.57 Å². The van der Waals surface area contributed by atoms with Crippen LogP contribution in [0.5, 0.6) is 0 Å². The maximum absolute atomic E-state index is 11.7. The number of nitriles is 1. The maximum Gasteiger partial charge on any atom is 0.247 e. The summed E-state index contributed by atoms with van der Waals surface area (Å²) in [4.78, 5) is 1.49. The summed E-state index contributed by atoms with van der Waals surface area (Å²) in [5.74, 6) is -1.76. The third-order valence-electron chi connectivity index (χ3n) is 14.8. The molecule has 0 aliphatic carbocycles. The Morgan fingerprint density at radius 1 is 0.500 bits per heavy atom. The van der Waals surface area contributed by atoms with Crippen molar-refractivity contribution in [3.8, 4) is 11.8 Å². The fourth-order valence-electron chi connectivity index (χ4n) is 10.8. The van der Waals surface area contributed by atoms with Gasteiger partial charge in [-0.1, -0.05) is 161 Å². The molecule has 0 saturated carbocycles. The molecule has 9 aromatic carbocycles. The zero-order valence-corrected chi connectivity index (χ0v) is 45.7.